The van der Waals surface area contributed by atoms with Gasteiger partial charge in [0.25, 0.3) is 0 Å². The average Bonchev–Trinajstić information content (AvgIpc) is 2.91. The van der Waals surface area contributed by atoms with Gasteiger partial charge in [-0.1, -0.05) is 25.0 Å². The molecule has 106 valence electrons. The predicted octanol–water partition coefficient (Wildman–Crippen LogP) is 2.30. The van der Waals surface area contributed by atoms with Crippen LogP contribution in [0.15, 0.2) is 29.2 Å². The summed E-state index contributed by atoms with van der Waals surface area (Å²) < 4.78 is 26.6. The highest BCUT2D eigenvalue weighted by atomic mass is 32.2. The van der Waals surface area contributed by atoms with Crippen LogP contribution in [0.25, 0.3) is 0 Å². The number of nitrogens with zero attached hydrogens (tertiary/aromatic N) is 1. The zero-order valence-corrected chi connectivity index (χ0v) is 12.2. The lowest BCUT2D eigenvalue weighted by Gasteiger charge is -2.24. The Morgan fingerprint density at radius 2 is 1.95 bits per heavy atom. The Labute approximate surface area is 115 Å². The number of aliphatic hydroxyl groups is 1. The summed E-state index contributed by atoms with van der Waals surface area (Å²) in [5.41, 5.74) is 0.626. The second-order valence-corrected chi connectivity index (χ2v) is 7.21. The summed E-state index contributed by atoms with van der Waals surface area (Å²) in [6, 6.07) is 6.68. The first-order valence-corrected chi connectivity index (χ1v) is 8.13. The molecule has 5 heteroatoms. The third kappa shape index (κ3) is 2.99. The zero-order valence-electron chi connectivity index (χ0n) is 11.4. The molecule has 1 aliphatic rings. The lowest BCUT2D eigenvalue weighted by Crippen LogP contribution is -2.35. The molecule has 1 aliphatic carbocycles. The molecule has 0 aliphatic heterocycles. The monoisotopic (exact) mass is 283 g/mol. The number of benzene rings is 1. The van der Waals surface area contributed by atoms with Gasteiger partial charge in [0.1, 0.15) is 0 Å². The van der Waals surface area contributed by atoms with Crippen molar-refractivity contribution in [1.29, 1.82) is 0 Å². The van der Waals surface area contributed by atoms with Crippen LogP contribution in [0.2, 0.25) is 0 Å². The summed E-state index contributed by atoms with van der Waals surface area (Å²) in [7, 11) is -1.80. The van der Waals surface area contributed by atoms with Gasteiger partial charge in [-0.2, -0.15) is 4.31 Å². The Bertz CT molecular complexity index is 533. The Morgan fingerprint density at radius 1 is 1.32 bits per heavy atom. The van der Waals surface area contributed by atoms with Crippen molar-refractivity contribution in [3.8, 4) is 0 Å². The van der Waals surface area contributed by atoms with E-state index < -0.39 is 16.1 Å². The SMILES string of the molecule is CC(O)c1cccc(S(=O)(=O)N(C)C2CCCC2)c1. The molecule has 0 heterocycles. The van der Waals surface area contributed by atoms with Crippen molar-refractivity contribution in [3.05, 3.63) is 29.8 Å². The minimum absolute atomic E-state index is 0.111. The number of rotatable bonds is 4. The van der Waals surface area contributed by atoms with Crippen LogP contribution in [0.4, 0.5) is 0 Å². The number of sulfonamides is 1. The summed E-state index contributed by atoms with van der Waals surface area (Å²) in [6.07, 6.45) is 3.40. The molecule has 2 rings (SSSR count). The molecule has 4 nitrogen and oxygen atoms in total. The maximum atomic E-state index is 12.5. The van der Waals surface area contributed by atoms with E-state index in [1.165, 1.54) is 4.31 Å². The second kappa shape index (κ2) is 5.61. The van der Waals surface area contributed by atoms with E-state index in [9.17, 15) is 13.5 Å². The molecular weight excluding hydrogens is 262 g/mol. The quantitative estimate of drug-likeness (QED) is 0.922. The van der Waals surface area contributed by atoms with Crippen LogP contribution in [0.3, 0.4) is 0 Å². The maximum Gasteiger partial charge on any atom is 0.243 e. The van der Waals surface area contributed by atoms with E-state index in [0.29, 0.717) is 5.56 Å². The smallest absolute Gasteiger partial charge is 0.243 e. The average molecular weight is 283 g/mol. The Morgan fingerprint density at radius 3 is 2.53 bits per heavy atom. The first-order valence-electron chi connectivity index (χ1n) is 6.69. The molecule has 0 saturated heterocycles. The maximum absolute atomic E-state index is 12.5. The number of aliphatic hydroxyl groups excluding tert-OH is 1. The highest BCUT2D eigenvalue weighted by Gasteiger charge is 2.30. The minimum Gasteiger partial charge on any atom is -0.389 e. The molecule has 1 aromatic rings. The fourth-order valence-electron chi connectivity index (χ4n) is 2.57. The topological polar surface area (TPSA) is 57.6 Å². The van der Waals surface area contributed by atoms with Gasteiger partial charge in [-0.05, 0) is 37.5 Å². The Hall–Kier alpha value is -0.910. The minimum atomic E-state index is -3.46. The zero-order chi connectivity index (χ0) is 14.0. The molecule has 1 atom stereocenters. The molecular formula is C14H21NO3S. The van der Waals surface area contributed by atoms with Crippen molar-refractivity contribution in [2.45, 2.75) is 49.6 Å². The normalized spacial score (nSPS) is 18.9. The largest absolute Gasteiger partial charge is 0.389 e. The molecule has 0 aromatic heterocycles. The molecule has 0 spiro atoms. The van der Waals surface area contributed by atoms with Crippen molar-refractivity contribution in [2.75, 3.05) is 7.05 Å². The van der Waals surface area contributed by atoms with Crippen molar-refractivity contribution >= 4 is 10.0 Å². The van der Waals surface area contributed by atoms with Crippen molar-refractivity contribution < 1.29 is 13.5 Å². The van der Waals surface area contributed by atoms with Gasteiger partial charge in [0.15, 0.2) is 0 Å². The highest BCUT2D eigenvalue weighted by Crippen LogP contribution is 2.28. The molecule has 0 radical (unpaired) electrons. The van der Waals surface area contributed by atoms with Gasteiger partial charge in [0.2, 0.25) is 10.0 Å². The van der Waals surface area contributed by atoms with Gasteiger partial charge in [-0.15, -0.1) is 0 Å². The van der Waals surface area contributed by atoms with E-state index >= 15 is 0 Å². The van der Waals surface area contributed by atoms with Crippen LogP contribution in [0.5, 0.6) is 0 Å². The third-order valence-corrected chi connectivity index (χ3v) is 5.76. The first kappa shape index (κ1) is 14.5. The van der Waals surface area contributed by atoms with Gasteiger partial charge < -0.3 is 5.11 Å². The van der Waals surface area contributed by atoms with Gasteiger partial charge in [-0.25, -0.2) is 8.42 Å². The van der Waals surface area contributed by atoms with Crippen LogP contribution < -0.4 is 0 Å². The highest BCUT2D eigenvalue weighted by molar-refractivity contribution is 7.89. The molecule has 1 N–H and O–H groups in total. The van der Waals surface area contributed by atoms with Crippen LogP contribution in [-0.4, -0.2) is 30.9 Å². The first-order chi connectivity index (χ1) is 8.93. The summed E-state index contributed by atoms with van der Waals surface area (Å²) in [4.78, 5) is 0.264. The Balaban J connectivity index is 2.30. The standard InChI is InChI=1S/C14H21NO3S/c1-11(16)12-6-5-9-14(10-12)19(17,18)15(2)13-7-3-4-8-13/h5-6,9-11,13,16H,3-4,7-8H2,1-2H3. The fourth-order valence-corrected chi connectivity index (χ4v) is 4.04. The summed E-state index contributed by atoms with van der Waals surface area (Å²) in [6.45, 7) is 1.63. The molecule has 1 unspecified atom stereocenters. The summed E-state index contributed by atoms with van der Waals surface area (Å²) >= 11 is 0. The van der Waals surface area contributed by atoms with Gasteiger partial charge in [-0.3, -0.25) is 0 Å². The number of hydrogen-bond acceptors (Lipinski definition) is 3. The van der Waals surface area contributed by atoms with E-state index in [-0.39, 0.29) is 10.9 Å². The lowest BCUT2D eigenvalue weighted by atomic mass is 10.1. The lowest BCUT2D eigenvalue weighted by molar-refractivity contribution is 0.199. The number of hydrogen-bond donors (Lipinski definition) is 1. The van der Waals surface area contributed by atoms with Gasteiger partial charge in [0, 0.05) is 13.1 Å². The van der Waals surface area contributed by atoms with E-state index in [2.05, 4.69) is 0 Å². The third-order valence-electron chi connectivity index (χ3n) is 3.86. The van der Waals surface area contributed by atoms with Crippen LogP contribution in [-0.2, 0) is 10.0 Å². The molecule has 19 heavy (non-hydrogen) atoms. The van der Waals surface area contributed by atoms with Crippen molar-refractivity contribution in [1.82, 2.24) is 4.31 Å². The van der Waals surface area contributed by atoms with E-state index in [0.717, 1.165) is 25.7 Å². The van der Waals surface area contributed by atoms with Crippen molar-refractivity contribution in [3.63, 3.8) is 0 Å². The Kier molecular flexibility index (Phi) is 4.28. The van der Waals surface area contributed by atoms with E-state index in [1.54, 1.807) is 38.2 Å². The van der Waals surface area contributed by atoms with E-state index in [1.807, 2.05) is 0 Å². The fraction of sp³-hybridized carbons (Fsp3) is 0.571. The molecule has 0 amide bonds. The van der Waals surface area contributed by atoms with Gasteiger partial charge in [0.05, 0.1) is 11.0 Å². The van der Waals surface area contributed by atoms with Gasteiger partial charge >= 0.3 is 0 Å². The van der Waals surface area contributed by atoms with Crippen LogP contribution in [0.1, 0.15) is 44.3 Å². The van der Waals surface area contributed by atoms with Crippen molar-refractivity contribution in [2.24, 2.45) is 0 Å². The molecule has 1 saturated carbocycles. The van der Waals surface area contributed by atoms with Crippen LogP contribution >= 0.6 is 0 Å². The predicted molar refractivity (Wildman–Crippen MR) is 74.3 cm³/mol. The molecule has 1 aromatic carbocycles. The van der Waals surface area contributed by atoms with E-state index in [4.69, 9.17) is 0 Å². The second-order valence-electron chi connectivity index (χ2n) is 5.21. The molecule has 1 fully saturated rings. The summed E-state index contributed by atoms with van der Waals surface area (Å²) in [5.74, 6) is 0. The summed E-state index contributed by atoms with van der Waals surface area (Å²) in [5, 5.41) is 9.56. The van der Waals surface area contributed by atoms with Crippen LogP contribution in [0, 0.1) is 0 Å². The molecule has 0 bridgehead atoms.